The number of cyclic esters (lactones) is 1. The predicted molar refractivity (Wildman–Crippen MR) is 121 cm³/mol. The van der Waals surface area contributed by atoms with Gasteiger partial charge in [-0.05, 0) is 91.7 Å². The van der Waals surface area contributed by atoms with Gasteiger partial charge in [-0.1, -0.05) is 6.07 Å². The molecule has 1 aromatic heterocycles. The maximum absolute atomic E-state index is 11.7. The minimum absolute atomic E-state index is 0.169. The number of aryl methyl sites for hydroxylation is 1. The van der Waals surface area contributed by atoms with E-state index in [4.69, 9.17) is 4.74 Å². The van der Waals surface area contributed by atoms with Gasteiger partial charge in [0, 0.05) is 19.6 Å². The van der Waals surface area contributed by atoms with Gasteiger partial charge in [0.2, 0.25) is 0 Å². The van der Waals surface area contributed by atoms with Crippen molar-refractivity contribution >= 4 is 5.97 Å². The van der Waals surface area contributed by atoms with Crippen LogP contribution >= 0.6 is 0 Å². The Morgan fingerprint density at radius 1 is 1.12 bits per heavy atom. The van der Waals surface area contributed by atoms with Gasteiger partial charge in [-0.15, -0.1) is 5.10 Å². The highest BCUT2D eigenvalue weighted by Gasteiger charge is 2.39. The van der Waals surface area contributed by atoms with Crippen LogP contribution in [-0.4, -0.2) is 80.4 Å². The summed E-state index contributed by atoms with van der Waals surface area (Å²) in [4.78, 5) is 16.4. The second-order valence-corrected chi connectivity index (χ2v) is 9.75. The van der Waals surface area contributed by atoms with E-state index in [0.29, 0.717) is 18.6 Å². The number of ether oxygens (including phenoxy) is 1. The average Bonchev–Trinajstić information content (AvgIpc) is 3.47. The molecule has 3 aliphatic rings. The molecule has 9 heteroatoms. The zero-order chi connectivity index (χ0) is 23.0. The summed E-state index contributed by atoms with van der Waals surface area (Å²) in [5.74, 6) is -0.169. The number of likely N-dealkylation sites (tertiary alicyclic amines) is 2. The zero-order valence-electron chi connectivity index (χ0n) is 19.4. The number of β-amino-alcohol motifs (C(OH)–C–C–N with tert-alkyl or cyclic N) is 1. The Labute approximate surface area is 194 Å². The number of esters is 1. The van der Waals surface area contributed by atoms with Crippen molar-refractivity contribution in [1.29, 1.82) is 0 Å². The molecule has 0 aliphatic carbocycles. The summed E-state index contributed by atoms with van der Waals surface area (Å²) < 4.78 is 6.81. The minimum atomic E-state index is -0.515. The van der Waals surface area contributed by atoms with Crippen LogP contribution in [0.2, 0.25) is 0 Å². The number of tetrazole rings is 1. The number of carbonyl (C=O) groups excluding carboxylic acids is 1. The highest BCUT2D eigenvalue weighted by atomic mass is 16.5. The highest BCUT2D eigenvalue weighted by molar-refractivity contribution is 5.90. The second-order valence-electron chi connectivity index (χ2n) is 9.75. The van der Waals surface area contributed by atoms with Gasteiger partial charge < -0.3 is 19.6 Å². The summed E-state index contributed by atoms with van der Waals surface area (Å²) >= 11 is 0. The summed E-state index contributed by atoms with van der Waals surface area (Å²) in [7, 11) is 0. The second kappa shape index (κ2) is 8.87. The van der Waals surface area contributed by atoms with Gasteiger partial charge in [0.15, 0.2) is 0 Å². The van der Waals surface area contributed by atoms with Crippen molar-refractivity contribution in [3.63, 3.8) is 0 Å². The Kier molecular flexibility index (Phi) is 5.92. The molecule has 3 aliphatic heterocycles. The lowest BCUT2D eigenvalue weighted by molar-refractivity contribution is -0.136. The molecule has 176 valence electrons. The molecule has 2 fully saturated rings. The maximum atomic E-state index is 11.7. The summed E-state index contributed by atoms with van der Waals surface area (Å²) in [6, 6.07) is 5.93. The van der Waals surface area contributed by atoms with Crippen LogP contribution < -0.4 is 0 Å². The van der Waals surface area contributed by atoms with E-state index in [1.54, 1.807) is 11.0 Å². The molecule has 1 atom stereocenters. The molecular weight excluding hydrogens is 420 g/mol. The SMILES string of the molecule is CC1=C(N2CCC3(CCN(C[C@H](O)c4ccc(-n5cnnn5)cc4C)CC3)CC2)COC1=O. The van der Waals surface area contributed by atoms with Crippen LogP contribution in [0.4, 0.5) is 0 Å². The number of aliphatic hydroxyl groups excluding tert-OH is 1. The van der Waals surface area contributed by atoms with Gasteiger partial charge in [-0.2, -0.15) is 0 Å². The molecule has 0 saturated carbocycles. The molecular formula is C24H32N6O3. The van der Waals surface area contributed by atoms with E-state index in [1.807, 2.05) is 32.0 Å². The van der Waals surface area contributed by atoms with Gasteiger partial charge in [-0.3, -0.25) is 0 Å². The molecule has 2 saturated heterocycles. The topological polar surface area (TPSA) is 96.6 Å². The van der Waals surface area contributed by atoms with E-state index in [2.05, 4.69) is 25.3 Å². The van der Waals surface area contributed by atoms with Crippen LogP contribution in [0.1, 0.15) is 49.8 Å². The molecule has 0 bridgehead atoms. The fourth-order valence-electron chi connectivity index (χ4n) is 5.56. The van der Waals surface area contributed by atoms with E-state index in [9.17, 15) is 9.90 Å². The Morgan fingerprint density at radius 3 is 2.45 bits per heavy atom. The standard InChI is InChI=1S/C24H32N6O3/c1-17-13-19(30-16-25-26-27-30)3-4-20(17)22(31)14-28-9-5-24(6-10-28)7-11-29(12-8-24)21-15-33-23(32)18(21)2/h3-4,13,16,22,31H,5-12,14-15H2,1-2H3/t22-/m0/s1. The third kappa shape index (κ3) is 4.39. The van der Waals surface area contributed by atoms with Gasteiger partial charge in [-0.25, -0.2) is 9.48 Å². The van der Waals surface area contributed by atoms with E-state index >= 15 is 0 Å². The number of aromatic nitrogens is 4. The number of aliphatic hydroxyl groups is 1. The predicted octanol–water partition coefficient (Wildman–Crippen LogP) is 2.01. The van der Waals surface area contributed by atoms with Crippen molar-refractivity contribution in [3.05, 3.63) is 46.9 Å². The Balaban J connectivity index is 1.14. The van der Waals surface area contributed by atoms with E-state index in [-0.39, 0.29) is 5.97 Å². The number of hydrogen-bond acceptors (Lipinski definition) is 8. The molecule has 1 spiro atoms. The minimum Gasteiger partial charge on any atom is -0.456 e. The lowest BCUT2D eigenvalue weighted by Crippen LogP contribution is -2.47. The van der Waals surface area contributed by atoms with Crippen molar-refractivity contribution in [2.45, 2.75) is 45.6 Å². The van der Waals surface area contributed by atoms with Crippen LogP contribution in [0.25, 0.3) is 5.69 Å². The van der Waals surface area contributed by atoms with Crippen molar-refractivity contribution in [1.82, 2.24) is 30.0 Å². The first-order valence-electron chi connectivity index (χ1n) is 11.8. The third-order valence-corrected chi connectivity index (χ3v) is 7.86. The smallest absolute Gasteiger partial charge is 0.335 e. The highest BCUT2D eigenvalue weighted by Crippen LogP contribution is 2.42. The van der Waals surface area contributed by atoms with Crippen molar-refractivity contribution < 1.29 is 14.6 Å². The van der Waals surface area contributed by atoms with Crippen LogP contribution in [0, 0.1) is 12.3 Å². The van der Waals surface area contributed by atoms with E-state index in [1.165, 1.54) is 0 Å². The van der Waals surface area contributed by atoms with Gasteiger partial charge >= 0.3 is 5.97 Å². The van der Waals surface area contributed by atoms with Crippen molar-refractivity contribution in [3.8, 4) is 5.69 Å². The van der Waals surface area contributed by atoms with Crippen LogP contribution in [0.5, 0.6) is 0 Å². The molecule has 4 heterocycles. The summed E-state index contributed by atoms with van der Waals surface area (Å²) in [6.45, 7) is 9.01. The van der Waals surface area contributed by atoms with Crippen LogP contribution in [-0.2, 0) is 9.53 Å². The lowest BCUT2D eigenvalue weighted by atomic mass is 9.71. The molecule has 5 rings (SSSR count). The van der Waals surface area contributed by atoms with Crippen LogP contribution in [0.3, 0.4) is 0 Å². The van der Waals surface area contributed by atoms with E-state index < -0.39 is 6.10 Å². The summed E-state index contributed by atoms with van der Waals surface area (Å²) in [6.07, 6.45) is 5.70. The van der Waals surface area contributed by atoms with Crippen LogP contribution in [0.15, 0.2) is 35.8 Å². The molecule has 0 amide bonds. The Bertz CT molecular complexity index is 1030. The normalized spacial score (nSPS) is 22.2. The first-order chi connectivity index (χ1) is 15.9. The lowest BCUT2D eigenvalue weighted by Gasteiger charge is -2.47. The first-order valence-corrected chi connectivity index (χ1v) is 11.8. The summed E-state index contributed by atoms with van der Waals surface area (Å²) in [5.41, 5.74) is 5.12. The van der Waals surface area contributed by atoms with Gasteiger partial charge in [0.05, 0.1) is 23.1 Å². The van der Waals surface area contributed by atoms with Crippen molar-refractivity contribution in [2.75, 3.05) is 39.3 Å². The number of benzene rings is 1. The van der Waals surface area contributed by atoms with Gasteiger partial charge in [0.1, 0.15) is 12.9 Å². The Hall–Kier alpha value is -2.78. The monoisotopic (exact) mass is 452 g/mol. The Morgan fingerprint density at radius 2 is 1.85 bits per heavy atom. The fourth-order valence-corrected chi connectivity index (χ4v) is 5.56. The van der Waals surface area contributed by atoms with E-state index in [0.717, 1.165) is 79.9 Å². The fraction of sp³-hybridized carbons (Fsp3) is 0.583. The molecule has 33 heavy (non-hydrogen) atoms. The van der Waals surface area contributed by atoms with Crippen molar-refractivity contribution in [2.24, 2.45) is 5.41 Å². The third-order valence-electron chi connectivity index (χ3n) is 7.86. The molecule has 1 N–H and O–H groups in total. The molecule has 1 aromatic carbocycles. The number of rotatable bonds is 5. The molecule has 0 radical (unpaired) electrons. The first kappa shape index (κ1) is 22.0. The molecule has 0 unspecified atom stereocenters. The zero-order valence-corrected chi connectivity index (χ0v) is 19.4. The quantitative estimate of drug-likeness (QED) is 0.689. The maximum Gasteiger partial charge on any atom is 0.335 e. The average molecular weight is 453 g/mol. The number of hydrogen-bond donors (Lipinski definition) is 1. The number of carbonyl (C=O) groups is 1. The largest absolute Gasteiger partial charge is 0.456 e. The number of nitrogens with zero attached hydrogens (tertiary/aromatic N) is 6. The summed E-state index contributed by atoms with van der Waals surface area (Å²) in [5, 5.41) is 22.2. The van der Waals surface area contributed by atoms with Gasteiger partial charge in [0.25, 0.3) is 0 Å². The molecule has 9 nitrogen and oxygen atoms in total. The number of piperidine rings is 2. The molecule has 2 aromatic rings.